The normalized spacial score (nSPS) is 36.7. The molecule has 0 aromatic rings. The first kappa shape index (κ1) is 88.8. The molecule has 0 radical (unpaired) electrons. The molecule has 0 aromatic carbocycles. The van der Waals surface area contributed by atoms with Gasteiger partial charge in [0, 0.05) is 58.6 Å². The number of esters is 6. The van der Waals surface area contributed by atoms with Gasteiger partial charge in [-0.2, -0.15) is 42.1 Å². The van der Waals surface area contributed by atoms with Crippen LogP contribution in [0.5, 0.6) is 0 Å². The van der Waals surface area contributed by atoms with Crippen molar-refractivity contribution in [2.45, 2.75) is 175 Å². The number of ether oxygens (including phenoxy) is 6. The largest absolute Gasteiger partial charge is 0.466 e. The minimum absolute atomic E-state index is 0.0544. The van der Waals surface area contributed by atoms with Crippen LogP contribution >= 0.6 is 0 Å². The van der Waals surface area contributed by atoms with Crippen molar-refractivity contribution in [3.8, 4) is 48.6 Å². The Bertz CT molecular complexity index is 3170. The highest BCUT2D eigenvalue weighted by Crippen LogP contribution is 2.70. The van der Waals surface area contributed by atoms with E-state index in [1.165, 1.54) is 184 Å². The minimum Gasteiger partial charge on any atom is -0.466 e. The molecule has 28 atom stereocenters. The Kier molecular flexibility index (Phi) is 36.4. The van der Waals surface area contributed by atoms with Gasteiger partial charge in [-0.1, -0.05) is 52.3 Å². The third-order valence-corrected chi connectivity index (χ3v) is 26.7. The molecule has 0 aliphatic heterocycles. The second kappa shape index (κ2) is 43.9. The zero-order valence-corrected chi connectivity index (χ0v) is 65.1. The molecule has 0 amide bonds. The summed E-state index contributed by atoms with van der Waals surface area (Å²) in [4.78, 5) is 60.1. The molecule has 578 valence electrons. The fraction of sp³-hybridized carbons (Fsp3) is 0.701. The van der Waals surface area contributed by atoms with Gasteiger partial charge in [-0.25, -0.2) is 28.8 Å². The Labute approximate surface area is 638 Å². The summed E-state index contributed by atoms with van der Waals surface area (Å²) in [5, 5.41) is 70.7. The van der Waals surface area contributed by atoms with E-state index in [-0.39, 0.29) is 41.6 Å². The van der Waals surface area contributed by atoms with Gasteiger partial charge in [-0.15, -0.1) is 0 Å². The average Bonchev–Trinajstić information content (AvgIpc) is 1.50. The van der Waals surface area contributed by atoms with Crippen molar-refractivity contribution in [3.63, 3.8) is 0 Å². The first-order valence-corrected chi connectivity index (χ1v) is 38.8. The van der Waals surface area contributed by atoms with Crippen molar-refractivity contribution in [1.29, 1.82) is 42.1 Å². The third kappa shape index (κ3) is 23.1. The summed E-state index contributed by atoms with van der Waals surface area (Å²) in [6.45, 7) is 24.3. The summed E-state index contributed by atoms with van der Waals surface area (Å²) in [5.74, 6) is 17.4. The Morgan fingerprint density at radius 2 is 0.523 bits per heavy atom. The van der Waals surface area contributed by atoms with Crippen LogP contribution in [-0.4, -0.2) is 78.5 Å². The molecular weight excluding hydrogens is 1350 g/mol. The predicted molar refractivity (Wildman–Crippen MR) is 401 cm³/mol. The van der Waals surface area contributed by atoms with Crippen molar-refractivity contribution in [2.75, 3.05) is 42.7 Å². The van der Waals surface area contributed by atoms with Crippen LogP contribution in [0.15, 0.2) is 74.4 Å². The molecule has 16 saturated carbocycles. The second-order valence-corrected chi connectivity index (χ2v) is 32.3. The van der Waals surface area contributed by atoms with Crippen LogP contribution in [0.2, 0.25) is 0 Å². The fourth-order valence-corrected chi connectivity index (χ4v) is 22.3. The van der Waals surface area contributed by atoms with E-state index in [1.54, 1.807) is 20.8 Å². The first-order chi connectivity index (χ1) is 51.3. The van der Waals surface area contributed by atoms with Gasteiger partial charge in [-0.05, 0) is 280 Å². The number of rotatable bonds is 6. The SMILES string of the molecule is C=C(C)C(=O)OC.C=C(C)C(=O)OC.C=C(C)C(=O)OC.C=CC(=O)OC.C=CC(=O)OC.C=CC(=O)OC.N#CC1C2CCC(C2)C1C#N.N#CC1C2CCC(C2)C1C#N.N#CC1CC2CC1C1C3CCC(C3)C21.N#CC1CC2CC1C1C3CCC(C3)C21.N#CC1CC2CCC1C2.N#CC1CC2CCC1C2. The highest BCUT2D eigenvalue weighted by molar-refractivity contribution is 5.87. The van der Waals surface area contributed by atoms with Crippen molar-refractivity contribution in [1.82, 2.24) is 0 Å². The molecule has 0 aromatic heterocycles. The van der Waals surface area contributed by atoms with Gasteiger partial charge < -0.3 is 28.4 Å². The van der Waals surface area contributed by atoms with Crippen molar-refractivity contribution in [3.05, 3.63) is 74.4 Å². The minimum atomic E-state index is -0.394. The quantitative estimate of drug-likeness (QED) is 0.103. The van der Waals surface area contributed by atoms with E-state index in [0.29, 0.717) is 64.1 Å². The molecular formula is C87H118N8O12. The van der Waals surface area contributed by atoms with E-state index < -0.39 is 17.9 Å². The van der Waals surface area contributed by atoms with Gasteiger partial charge in [-0.3, -0.25) is 0 Å². The monoisotopic (exact) mass is 1470 g/mol. The Hall–Kier alpha value is -8.82. The van der Waals surface area contributed by atoms with Crippen molar-refractivity contribution >= 4 is 35.8 Å². The van der Waals surface area contributed by atoms with E-state index in [4.69, 9.17) is 42.1 Å². The number of carbonyl (C=O) groups excluding carboxylic acids is 6. The van der Waals surface area contributed by atoms with Crippen LogP contribution < -0.4 is 0 Å². The van der Waals surface area contributed by atoms with Gasteiger partial charge in [0.25, 0.3) is 0 Å². The lowest BCUT2D eigenvalue weighted by molar-refractivity contribution is -0.136. The summed E-state index contributed by atoms with van der Waals surface area (Å²) >= 11 is 0. The van der Waals surface area contributed by atoms with Crippen LogP contribution in [-0.2, 0) is 57.2 Å². The van der Waals surface area contributed by atoms with E-state index >= 15 is 0 Å². The third-order valence-electron chi connectivity index (χ3n) is 26.7. The number of hydrogen-bond acceptors (Lipinski definition) is 20. The lowest BCUT2D eigenvalue weighted by atomic mass is 9.68. The van der Waals surface area contributed by atoms with E-state index in [9.17, 15) is 28.8 Å². The van der Waals surface area contributed by atoms with Crippen LogP contribution in [0.25, 0.3) is 0 Å². The molecule has 20 nitrogen and oxygen atoms in total. The Morgan fingerprint density at radius 3 is 0.692 bits per heavy atom. The summed E-state index contributed by atoms with van der Waals surface area (Å²) in [5.41, 5.74) is 1.30. The lowest BCUT2D eigenvalue weighted by Crippen LogP contribution is -2.31. The van der Waals surface area contributed by atoms with Crippen molar-refractivity contribution in [2.24, 2.45) is 166 Å². The van der Waals surface area contributed by atoms with Gasteiger partial charge in [0.15, 0.2) is 0 Å². The molecule has 0 N–H and O–H groups in total. The van der Waals surface area contributed by atoms with Crippen LogP contribution in [0.4, 0.5) is 0 Å². The number of nitrogens with zero attached hydrogens (tertiary/aromatic N) is 8. The summed E-state index contributed by atoms with van der Waals surface area (Å²) < 4.78 is 25.2. The number of carbonyl (C=O) groups is 6. The zero-order valence-electron chi connectivity index (χ0n) is 65.1. The van der Waals surface area contributed by atoms with Crippen LogP contribution in [0.1, 0.15) is 175 Å². The maximum Gasteiger partial charge on any atom is 0.332 e. The fourth-order valence-electron chi connectivity index (χ4n) is 22.3. The lowest BCUT2D eigenvalue weighted by Gasteiger charge is -2.36. The molecule has 16 aliphatic carbocycles. The van der Waals surface area contributed by atoms with Gasteiger partial charge >= 0.3 is 35.8 Å². The molecule has 16 bridgehead atoms. The molecule has 28 unspecified atom stereocenters. The molecule has 20 heteroatoms. The maximum atomic E-state index is 10.2. The van der Waals surface area contributed by atoms with Crippen LogP contribution in [0, 0.1) is 256 Å². The number of fused-ring (bicyclic) bond motifs is 26. The maximum absolute atomic E-state index is 10.2. The van der Waals surface area contributed by atoms with Gasteiger partial charge in [0.2, 0.25) is 0 Å². The highest BCUT2D eigenvalue weighted by atomic mass is 16.5. The van der Waals surface area contributed by atoms with E-state index in [0.717, 1.165) is 126 Å². The first-order valence-electron chi connectivity index (χ1n) is 38.8. The van der Waals surface area contributed by atoms with E-state index in [2.05, 4.69) is 116 Å². The standard InChI is InChI=1S/2C13H17N.2C9H10N2.2C8H11N.3C5H8O2.3C4H6O2/c2*14-6-10-4-9-5-11(10)13-8-2-1-7(3-8)12(9)13;2*10-4-8-6-1-2-7(3-6)9(8)5-11;2*9-5-8-4-6-1-2-7(8)3-6;3*1-4(2)5(6)7-3;3*1-3-4(5)6-2/h2*7-13H,1-5H2;2*6-9H,1-3H2;2*6-8H,1-4H2;3*1H2,2-3H3;3*3H,1H2,2H3. The predicted octanol–water partition coefficient (Wildman–Crippen LogP) is 16.2. The van der Waals surface area contributed by atoms with Gasteiger partial charge in [0.05, 0.1) is 115 Å². The molecule has 0 heterocycles. The second-order valence-electron chi connectivity index (χ2n) is 32.3. The summed E-state index contributed by atoms with van der Waals surface area (Å²) in [7, 11) is 7.92. The zero-order chi connectivity index (χ0) is 79.4. The summed E-state index contributed by atoms with van der Waals surface area (Å²) in [6, 6.07) is 19.0. The molecule has 0 spiro atoms. The van der Waals surface area contributed by atoms with Crippen molar-refractivity contribution < 1.29 is 57.2 Å². The molecule has 16 fully saturated rings. The Balaban J connectivity index is 0.000000212. The topological polar surface area (TPSA) is 348 Å². The molecule has 0 saturated heterocycles. The highest BCUT2D eigenvalue weighted by Gasteiger charge is 2.64. The van der Waals surface area contributed by atoms with Crippen LogP contribution in [0.3, 0.4) is 0 Å². The molecule has 107 heavy (non-hydrogen) atoms. The Morgan fingerprint density at radius 1 is 0.280 bits per heavy atom. The number of methoxy groups -OCH3 is 6. The molecule has 16 aliphatic rings. The average molecular weight is 1470 g/mol. The molecule has 16 rings (SSSR count). The number of hydrogen-bond donors (Lipinski definition) is 0. The van der Waals surface area contributed by atoms with E-state index in [1.807, 2.05) is 0 Å². The van der Waals surface area contributed by atoms with Gasteiger partial charge in [0.1, 0.15) is 0 Å². The smallest absolute Gasteiger partial charge is 0.332 e. The number of nitriles is 8. The summed E-state index contributed by atoms with van der Waals surface area (Å²) in [6.07, 6.45) is 35.4.